The Morgan fingerprint density at radius 3 is 2.61 bits per heavy atom. The number of ether oxygens (including phenoxy) is 2. The molecule has 0 bridgehead atoms. The van der Waals surface area contributed by atoms with Crippen molar-refractivity contribution in [1.29, 1.82) is 0 Å². The van der Waals surface area contributed by atoms with Gasteiger partial charge in [-0.05, 0) is 37.5 Å². The molecule has 0 saturated carbocycles. The molecular formula is C17H22BrNO4. The van der Waals surface area contributed by atoms with Gasteiger partial charge in [-0.3, -0.25) is 9.59 Å². The number of carbonyl (C=O) groups excluding carboxylic acids is 2. The van der Waals surface area contributed by atoms with Gasteiger partial charge in [0.2, 0.25) is 5.91 Å². The van der Waals surface area contributed by atoms with Gasteiger partial charge in [0.05, 0.1) is 13.7 Å². The van der Waals surface area contributed by atoms with E-state index in [4.69, 9.17) is 9.47 Å². The number of likely N-dealkylation sites (tertiary alicyclic amines) is 1. The number of benzene rings is 1. The van der Waals surface area contributed by atoms with Gasteiger partial charge in [-0.1, -0.05) is 28.1 Å². The maximum absolute atomic E-state index is 12.8. The maximum Gasteiger partial charge on any atom is 0.321 e. The molecule has 0 aliphatic carbocycles. The number of alkyl halides is 1. The van der Waals surface area contributed by atoms with E-state index in [9.17, 15) is 9.59 Å². The SMILES string of the molecule is CCOC(=O)C1(CCBr)CCN(Cc2ccc(OC)cc2)C1=O. The number of methoxy groups -OCH3 is 1. The van der Waals surface area contributed by atoms with Gasteiger partial charge < -0.3 is 14.4 Å². The second kappa shape index (κ2) is 7.81. The molecule has 1 heterocycles. The molecule has 1 aliphatic heterocycles. The summed E-state index contributed by atoms with van der Waals surface area (Å²) in [5.74, 6) is 0.245. The Kier molecular flexibility index (Phi) is 6.04. The fourth-order valence-electron chi connectivity index (χ4n) is 2.89. The molecule has 0 N–H and O–H groups in total. The quantitative estimate of drug-likeness (QED) is 0.412. The van der Waals surface area contributed by atoms with E-state index < -0.39 is 11.4 Å². The Hall–Kier alpha value is -1.56. The average molecular weight is 384 g/mol. The summed E-state index contributed by atoms with van der Waals surface area (Å²) in [6.45, 7) is 3.10. The van der Waals surface area contributed by atoms with E-state index in [-0.39, 0.29) is 12.5 Å². The van der Waals surface area contributed by atoms with Crippen molar-refractivity contribution in [2.45, 2.75) is 26.3 Å². The van der Waals surface area contributed by atoms with Crippen LogP contribution in [-0.4, -0.2) is 42.4 Å². The summed E-state index contributed by atoms with van der Waals surface area (Å²) in [5.41, 5.74) is -0.0240. The number of rotatable bonds is 7. The standard InChI is InChI=1S/C17H22BrNO4/c1-3-23-16(21)17(8-10-18)9-11-19(15(17)20)12-13-4-6-14(22-2)7-5-13/h4-7H,3,8-12H2,1-2H3. The highest BCUT2D eigenvalue weighted by Gasteiger charge is 2.53. The summed E-state index contributed by atoms with van der Waals surface area (Å²) in [6.07, 6.45) is 0.968. The smallest absolute Gasteiger partial charge is 0.321 e. The predicted molar refractivity (Wildman–Crippen MR) is 90.5 cm³/mol. The predicted octanol–water partition coefficient (Wildman–Crippen LogP) is 2.76. The summed E-state index contributed by atoms with van der Waals surface area (Å²) in [5, 5.41) is 0.591. The second-order valence-electron chi connectivity index (χ2n) is 5.57. The summed E-state index contributed by atoms with van der Waals surface area (Å²) in [6, 6.07) is 7.60. The van der Waals surface area contributed by atoms with Crippen LogP contribution in [0.3, 0.4) is 0 Å². The van der Waals surface area contributed by atoms with Gasteiger partial charge >= 0.3 is 5.97 Å². The highest BCUT2D eigenvalue weighted by molar-refractivity contribution is 9.09. The molecule has 1 saturated heterocycles. The lowest BCUT2D eigenvalue weighted by atomic mass is 9.83. The van der Waals surface area contributed by atoms with Crippen LogP contribution in [0, 0.1) is 5.41 Å². The first-order valence-electron chi connectivity index (χ1n) is 7.73. The molecule has 2 rings (SSSR count). The van der Waals surface area contributed by atoms with Crippen molar-refractivity contribution in [3.05, 3.63) is 29.8 Å². The summed E-state index contributed by atoms with van der Waals surface area (Å²) in [7, 11) is 1.62. The fraction of sp³-hybridized carbons (Fsp3) is 0.529. The third-order valence-electron chi connectivity index (χ3n) is 4.23. The molecule has 1 atom stereocenters. The number of nitrogens with zero attached hydrogens (tertiary/aromatic N) is 1. The minimum Gasteiger partial charge on any atom is -0.497 e. The van der Waals surface area contributed by atoms with E-state index in [1.807, 2.05) is 24.3 Å². The lowest BCUT2D eigenvalue weighted by molar-refractivity contribution is -0.161. The molecule has 6 heteroatoms. The lowest BCUT2D eigenvalue weighted by Gasteiger charge is -2.25. The second-order valence-corrected chi connectivity index (χ2v) is 6.36. The molecule has 1 fully saturated rings. The van der Waals surface area contributed by atoms with Gasteiger partial charge in [0.1, 0.15) is 11.2 Å². The monoisotopic (exact) mass is 383 g/mol. The van der Waals surface area contributed by atoms with Crippen LogP contribution in [0.1, 0.15) is 25.3 Å². The Morgan fingerprint density at radius 1 is 1.35 bits per heavy atom. The van der Waals surface area contributed by atoms with Crippen LogP contribution in [0.4, 0.5) is 0 Å². The van der Waals surface area contributed by atoms with Crippen LogP contribution in [0.2, 0.25) is 0 Å². The van der Waals surface area contributed by atoms with Gasteiger partial charge in [0, 0.05) is 18.4 Å². The van der Waals surface area contributed by atoms with Gasteiger partial charge in [-0.2, -0.15) is 0 Å². The third-order valence-corrected chi connectivity index (χ3v) is 4.62. The van der Waals surface area contributed by atoms with Crippen molar-refractivity contribution in [2.75, 3.05) is 25.6 Å². The topological polar surface area (TPSA) is 55.8 Å². The summed E-state index contributed by atoms with van der Waals surface area (Å²) in [4.78, 5) is 26.9. The molecule has 1 aliphatic rings. The van der Waals surface area contributed by atoms with E-state index in [0.29, 0.717) is 31.3 Å². The highest BCUT2D eigenvalue weighted by atomic mass is 79.9. The summed E-state index contributed by atoms with van der Waals surface area (Å²) >= 11 is 3.35. The van der Waals surface area contributed by atoms with Crippen LogP contribution in [0.5, 0.6) is 5.75 Å². The molecule has 126 valence electrons. The zero-order chi connectivity index (χ0) is 16.9. The molecular weight excluding hydrogens is 362 g/mol. The van der Waals surface area contributed by atoms with Crippen molar-refractivity contribution in [1.82, 2.24) is 4.90 Å². The van der Waals surface area contributed by atoms with Crippen molar-refractivity contribution in [3.8, 4) is 5.75 Å². The van der Waals surface area contributed by atoms with E-state index in [1.165, 1.54) is 0 Å². The normalized spacial score (nSPS) is 20.7. The zero-order valence-corrected chi connectivity index (χ0v) is 15.1. The van der Waals surface area contributed by atoms with Crippen molar-refractivity contribution in [2.24, 2.45) is 5.41 Å². The Bertz CT molecular complexity index is 560. The Balaban J connectivity index is 2.13. The molecule has 5 nitrogen and oxygen atoms in total. The van der Waals surface area contributed by atoms with Crippen molar-refractivity contribution in [3.63, 3.8) is 0 Å². The van der Waals surface area contributed by atoms with Crippen molar-refractivity contribution < 1.29 is 19.1 Å². The number of hydrogen-bond acceptors (Lipinski definition) is 4. The van der Waals surface area contributed by atoms with Crippen molar-refractivity contribution >= 4 is 27.8 Å². The Morgan fingerprint density at radius 2 is 2.04 bits per heavy atom. The number of hydrogen-bond donors (Lipinski definition) is 0. The highest BCUT2D eigenvalue weighted by Crippen LogP contribution is 2.38. The maximum atomic E-state index is 12.8. The molecule has 1 amide bonds. The molecule has 0 aromatic heterocycles. The zero-order valence-electron chi connectivity index (χ0n) is 13.5. The minimum absolute atomic E-state index is 0.133. The third kappa shape index (κ3) is 3.68. The largest absolute Gasteiger partial charge is 0.497 e. The molecule has 1 unspecified atom stereocenters. The van der Waals surface area contributed by atoms with Gasteiger partial charge in [0.25, 0.3) is 0 Å². The average Bonchev–Trinajstić information content (AvgIpc) is 2.87. The van der Waals surface area contributed by atoms with Gasteiger partial charge in [0.15, 0.2) is 0 Å². The lowest BCUT2D eigenvalue weighted by Crippen LogP contribution is -2.41. The van der Waals surface area contributed by atoms with Crippen LogP contribution in [0.15, 0.2) is 24.3 Å². The van der Waals surface area contributed by atoms with Crippen LogP contribution in [0.25, 0.3) is 0 Å². The number of carbonyl (C=O) groups is 2. The van der Waals surface area contributed by atoms with Crippen LogP contribution >= 0.6 is 15.9 Å². The first-order chi connectivity index (χ1) is 11.1. The molecule has 23 heavy (non-hydrogen) atoms. The van der Waals surface area contributed by atoms with E-state index in [0.717, 1.165) is 11.3 Å². The first kappa shape index (κ1) is 17.8. The van der Waals surface area contributed by atoms with Gasteiger partial charge in [-0.15, -0.1) is 0 Å². The number of esters is 1. The summed E-state index contributed by atoms with van der Waals surface area (Å²) < 4.78 is 10.3. The van der Waals surface area contributed by atoms with E-state index in [2.05, 4.69) is 15.9 Å². The molecule has 0 spiro atoms. The van der Waals surface area contributed by atoms with Gasteiger partial charge in [-0.25, -0.2) is 0 Å². The number of halogens is 1. The molecule has 0 radical (unpaired) electrons. The van der Waals surface area contributed by atoms with Crippen LogP contribution < -0.4 is 4.74 Å². The molecule has 1 aromatic carbocycles. The van der Waals surface area contributed by atoms with E-state index >= 15 is 0 Å². The number of amides is 1. The van der Waals surface area contributed by atoms with E-state index in [1.54, 1.807) is 18.9 Å². The van der Waals surface area contributed by atoms with Crippen LogP contribution in [-0.2, 0) is 20.9 Å². The fourth-order valence-corrected chi connectivity index (χ4v) is 3.57. The first-order valence-corrected chi connectivity index (χ1v) is 8.85. The molecule has 1 aromatic rings. The Labute approximate surface area is 145 Å². The minimum atomic E-state index is -1.04.